The number of hydrogen-bond donors (Lipinski definition) is 2. The number of aryl methyl sites for hydroxylation is 2. The minimum absolute atomic E-state index is 0.0346. The summed E-state index contributed by atoms with van der Waals surface area (Å²) in [6, 6.07) is 5.60. The van der Waals surface area contributed by atoms with Crippen LogP contribution in [0.15, 0.2) is 18.2 Å². The lowest BCUT2D eigenvalue weighted by atomic mass is 10.1. The number of benzene rings is 1. The van der Waals surface area contributed by atoms with Gasteiger partial charge in [-0.05, 0) is 31.4 Å². The van der Waals surface area contributed by atoms with Crippen molar-refractivity contribution in [2.75, 3.05) is 13.2 Å². The van der Waals surface area contributed by atoms with Gasteiger partial charge in [0.15, 0.2) is 6.61 Å². The molecule has 0 aromatic heterocycles. The summed E-state index contributed by atoms with van der Waals surface area (Å²) in [5.74, 6) is 0.689. The quantitative estimate of drug-likeness (QED) is 0.825. The topological polar surface area (TPSA) is 58.6 Å². The second kappa shape index (κ2) is 7.14. The molecule has 1 aromatic carbocycles. The lowest BCUT2D eigenvalue weighted by Gasteiger charge is -2.20. The van der Waals surface area contributed by atoms with Gasteiger partial charge in [0.25, 0.3) is 5.91 Å². The maximum Gasteiger partial charge on any atom is 0.258 e. The van der Waals surface area contributed by atoms with E-state index in [1.165, 1.54) is 0 Å². The lowest BCUT2D eigenvalue weighted by Crippen LogP contribution is -2.43. The minimum atomic E-state index is -0.227. The van der Waals surface area contributed by atoms with Crippen molar-refractivity contribution in [3.63, 3.8) is 0 Å². The van der Waals surface area contributed by atoms with E-state index in [-0.39, 0.29) is 31.1 Å². The Kier molecular flexibility index (Phi) is 5.83. The molecule has 19 heavy (non-hydrogen) atoms. The Morgan fingerprint density at radius 2 is 2.05 bits per heavy atom. The third-order valence-electron chi connectivity index (χ3n) is 3.04. The molecule has 0 heterocycles. The average Bonchev–Trinajstić information content (AvgIpc) is 2.34. The van der Waals surface area contributed by atoms with Gasteiger partial charge < -0.3 is 15.2 Å². The van der Waals surface area contributed by atoms with Crippen molar-refractivity contribution in [3.8, 4) is 5.75 Å². The molecule has 106 valence electrons. The number of carbonyl (C=O) groups excluding carboxylic acids is 1. The highest BCUT2D eigenvalue weighted by atomic mass is 16.5. The molecule has 1 unspecified atom stereocenters. The third-order valence-corrected chi connectivity index (χ3v) is 3.04. The van der Waals surface area contributed by atoms with E-state index in [0.717, 1.165) is 11.1 Å². The van der Waals surface area contributed by atoms with Crippen LogP contribution in [0.25, 0.3) is 0 Å². The van der Waals surface area contributed by atoms with E-state index in [1.54, 1.807) is 0 Å². The minimum Gasteiger partial charge on any atom is -0.484 e. The molecule has 0 aliphatic carbocycles. The van der Waals surface area contributed by atoms with Gasteiger partial charge in [-0.3, -0.25) is 4.79 Å². The molecule has 1 amide bonds. The Morgan fingerprint density at radius 1 is 1.37 bits per heavy atom. The van der Waals surface area contributed by atoms with Gasteiger partial charge in [0.05, 0.1) is 12.6 Å². The van der Waals surface area contributed by atoms with E-state index in [1.807, 2.05) is 45.9 Å². The van der Waals surface area contributed by atoms with E-state index >= 15 is 0 Å². The largest absolute Gasteiger partial charge is 0.484 e. The molecule has 1 rings (SSSR count). The molecule has 4 heteroatoms. The molecule has 2 N–H and O–H groups in total. The predicted octanol–water partition coefficient (Wildman–Crippen LogP) is 1.82. The summed E-state index contributed by atoms with van der Waals surface area (Å²) in [5.41, 5.74) is 2.17. The number of ether oxygens (including phenoxy) is 1. The first kappa shape index (κ1) is 15.5. The zero-order valence-electron chi connectivity index (χ0n) is 12.1. The zero-order valence-corrected chi connectivity index (χ0v) is 12.1. The van der Waals surface area contributed by atoms with Crippen LogP contribution in [0.5, 0.6) is 5.75 Å². The van der Waals surface area contributed by atoms with Crippen molar-refractivity contribution in [1.29, 1.82) is 0 Å². The molecule has 0 bridgehead atoms. The standard InChI is InChI=1S/C15H23NO3/c1-10(2)13(8-17)16-15(18)9-19-14-6-5-11(3)7-12(14)4/h5-7,10,13,17H,8-9H2,1-4H3,(H,16,18). The van der Waals surface area contributed by atoms with Crippen molar-refractivity contribution in [2.24, 2.45) is 5.92 Å². The van der Waals surface area contributed by atoms with Crippen LogP contribution >= 0.6 is 0 Å². The van der Waals surface area contributed by atoms with Crippen LogP contribution in [0.2, 0.25) is 0 Å². The van der Waals surface area contributed by atoms with E-state index in [9.17, 15) is 4.79 Å². The third kappa shape index (κ3) is 4.91. The second-order valence-electron chi connectivity index (χ2n) is 5.16. The molecule has 0 aliphatic heterocycles. The summed E-state index contributed by atoms with van der Waals surface area (Å²) in [6.45, 7) is 7.77. The van der Waals surface area contributed by atoms with Gasteiger partial charge in [-0.15, -0.1) is 0 Å². The average molecular weight is 265 g/mol. The van der Waals surface area contributed by atoms with Crippen LogP contribution < -0.4 is 10.1 Å². The van der Waals surface area contributed by atoms with Gasteiger partial charge in [-0.1, -0.05) is 31.5 Å². The maximum atomic E-state index is 11.7. The Hall–Kier alpha value is -1.55. The molecule has 0 spiro atoms. The Balaban J connectivity index is 2.50. The molecule has 0 fully saturated rings. The highest BCUT2D eigenvalue weighted by Gasteiger charge is 2.15. The second-order valence-corrected chi connectivity index (χ2v) is 5.16. The van der Waals surface area contributed by atoms with Gasteiger partial charge in [-0.25, -0.2) is 0 Å². The highest BCUT2D eigenvalue weighted by Crippen LogP contribution is 2.18. The zero-order chi connectivity index (χ0) is 14.4. The molecule has 0 saturated heterocycles. The van der Waals surface area contributed by atoms with E-state index in [2.05, 4.69) is 5.32 Å². The summed E-state index contributed by atoms with van der Waals surface area (Å²) >= 11 is 0. The number of amides is 1. The summed E-state index contributed by atoms with van der Waals surface area (Å²) in [4.78, 5) is 11.7. The maximum absolute atomic E-state index is 11.7. The first-order valence-electron chi connectivity index (χ1n) is 6.54. The SMILES string of the molecule is Cc1ccc(OCC(=O)NC(CO)C(C)C)c(C)c1. The van der Waals surface area contributed by atoms with Gasteiger partial charge >= 0.3 is 0 Å². The van der Waals surface area contributed by atoms with E-state index in [0.29, 0.717) is 5.75 Å². The molecule has 0 saturated carbocycles. The molecular weight excluding hydrogens is 242 g/mol. The van der Waals surface area contributed by atoms with Crippen LogP contribution in [0, 0.1) is 19.8 Å². The van der Waals surface area contributed by atoms with Crippen molar-refractivity contribution in [2.45, 2.75) is 33.7 Å². The number of nitrogens with one attached hydrogen (secondary N) is 1. The number of carbonyl (C=O) groups is 1. The van der Waals surface area contributed by atoms with Crippen LogP contribution in [0.3, 0.4) is 0 Å². The number of hydrogen-bond acceptors (Lipinski definition) is 3. The van der Waals surface area contributed by atoms with Gasteiger partial charge in [0.1, 0.15) is 5.75 Å². The highest BCUT2D eigenvalue weighted by molar-refractivity contribution is 5.77. The van der Waals surface area contributed by atoms with Crippen LogP contribution in [0.4, 0.5) is 0 Å². The first-order valence-corrected chi connectivity index (χ1v) is 6.54. The van der Waals surface area contributed by atoms with E-state index in [4.69, 9.17) is 9.84 Å². The van der Waals surface area contributed by atoms with Crippen LogP contribution in [-0.4, -0.2) is 30.3 Å². The Bertz CT molecular complexity index is 429. The van der Waals surface area contributed by atoms with Crippen molar-refractivity contribution < 1.29 is 14.6 Å². The molecule has 1 aromatic rings. The molecule has 4 nitrogen and oxygen atoms in total. The fourth-order valence-corrected chi connectivity index (χ4v) is 1.78. The smallest absolute Gasteiger partial charge is 0.258 e. The fraction of sp³-hybridized carbons (Fsp3) is 0.533. The first-order chi connectivity index (χ1) is 8.93. The van der Waals surface area contributed by atoms with Gasteiger partial charge in [0, 0.05) is 0 Å². The fourth-order valence-electron chi connectivity index (χ4n) is 1.78. The Morgan fingerprint density at radius 3 is 2.58 bits per heavy atom. The number of aliphatic hydroxyl groups excluding tert-OH is 1. The van der Waals surface area contributed by atoms with Gasteiger partial charge in [0.2, 0.25) is 0 Å². The van der Waals surface area contributed by atoms with Crippen molar-refractivity contribution in [1.82, 2.24) is 5.32 Å². The molecule has 0 radical (unpaired) electrons. The van der Waals surface area contributed by atoms with Crippen LogP contribution in [0.1, 0.15) is 25.0 Å². The van der Waals surface area contributed by atoms with Crippen molar-refractivity contribution in [3.05, 3.63) is 29.3 Å². The van der Waals surface area contributed by atoms with Crippen molar-refractivity contribution >= 4 is 5.91 Å². The predicted molar refractivity (Wildman–Crippen MR) is 75.3 cm³/mol. The number of aliphatic hydroxyl groups is 1. The van der Waals surface area contributed by atoms with Crippen LogP contribution in [-0.2, 0) is 4.79 Å². The number of rotatable bonds is 6. The summed E-state index contributed by atoms with van der Waals surface area (Å²) in [7, 11) is 0. The van der Waals surface area contributed by atoms with E-state index < -0.39 is 0 Å². The monoisotopic (exact) mass is 265 g/mol. The molecule has 0 aliphatic rings. The normalized spacial score (nSPS) is 12.3. The Labute approximate surface area is 114 Å². The molecule has 1 atom stereocenters. The molecular formula is C15H23NO3. The summed E-state index contributed by atoms with van der Waals surface area (Å²) < 4.78 is 5.49. The van der Waals surface area contributed by atoms with Gasteiger partial charge in [-0.2, -0.15) is 0 Å². The lowest BCUT2D eigenvalue weighted by molar-refractivity contribution is -0.124. The summed E-state index contributed by atoms with van der Waals surface area (Å²) in [6.07, 6.45) is 0. The summed E-state index contributed by atoms with van der Waals surface area (Å²) in [5, 5.41) is 11.9.